The van der Waals surface area contributed by atoms with Gasteiger partial charge in [0, 0.05) is 36.5 Å². The van der Waals surface area contributed by atoms with Gasteiger partial charge in [0.15, 0.2) is 0 Å². The predicted molar refractivity (Wildman–Crippen MR) is 105 cm³/mol. The molecule has 3 aromatic rings. The normalized spacial score (nSPS) is 13.2. The summed E-state index contributed by atoms with van der Waals surface area (Å²) in [4.78, 5) is 17.1. The standard InChI is InChI=1S/C24H15F3N2O/c25-18-9-10-20(26)19(13-18)22(8-3-1-2-5-16-11-12-28-14-16)29-15-17-6-4-7-21(27)23(17)24(29)30/h4,6-7,9-14,22,28H,8,15H2. The van der Waals surface area contributed by atoms with E-state index in [9.17, 15) is 18.0 Å². The van der Waals surface area contributed by atoms with Crippen molar-refractivity contribution in [3.8, 4) is 23.7 Å². The highest BCUT2D eigenvalue weighted by atomic mass is 19.1. The number of nitrogens with zero attached hydrogens (tertiary/aromatic N) is 1. The summed E-state index contributed by atoms with van der Waals surface area (Å²) >= 11 is 0. The van der Waals surface area contributed by atoms with Crippen LogP contribution in [0.3, 0.4) is 0 Å². The van der Waals surface area contributed by atoms with Gasteiger partial charge < -0.3 is 9.88 Å². The van der Waals surface area contributed by atoms with Gasteiger partial charge in [-0.2, -0.15) is 0 Å². The first-order valence-corrected chi connectivity index (χ1v) is 9.19. The number of aromatic amines is 1. The number of nitrogens with one attached hydrogen (secondary N) is 1. The molecule has 0 saturated heterocycles. The molecule has 1 aliphatic heterocycles. The Morgan fingerprint density at radius 1 is 1.07 bits per heavy atom. The highest BCUT2D eigenvalue weighted by Gasteiger charge is 2.36. The van der Waals surface area contributed by atoms with Crippen LogP contribution >= 0.6 is 0 Å². The molecule has 0 bridgehead atoms. The molecule has 148 valence electrons. The van der Waals surface area contributed by atoms with Gasteiger partial charge in [0.05, 0.1) is 11.6 Å². The van der Waals surface area contributed by atoms with Crippen molar-refractivity contribution in [1.29, 1.82) is 0 Å². The van der Waals surface area contributed by atoms with Crippen LogP contribution in [0.4, 0.5) is 13.2 Å². The van der Waals surface area contributed by atoms with Gasteiger partial charge in [-0.1, -0.05) is 24.0 Å². The minimum absolute atomic E-state index is 0.00976. The van der Waals surface area contributed by atoms with Crippen LogP contribution in [0.15, 0.2) is 54.9 Å². The van der Waals surface area contributed by atoms with Crippen LogP contribution in [0.2, 0.25) is 0 Å². The molecule has 30 heavy (non-hydrogen) atoms. The molecule has 2 heterocycles. The zero-order valence-electron chi connectivity index (χ0n) is 15.7. The molecule has 1 amide bonds. The van der Waals surface area contributed by atoms with Gasteiger partial charge in [0.1, 0.15) is 17.5 Å². The Labute approximate surface area is 171 Å². The number of hydrogen-bond acceptors (Lipinski definition) is 1. The lowest BCUT2D eigenvalue weighted by molar-refractivity contribution is 0.0697. The first kappa shape index (κ1) is 19.4. The third kappa shape index (κ3) is 3.81. The molecule has 1 atom stereocenters. The van der Waals surface area contributed by atoms with Crippen LogP contribution in [0.5, 0.6) is 0 Å². The Hall–Kier alpha value is -3.90. The van der Waals surface area contributed by atoms with E-state index in [4.69, 9.17) is 0 Å². The molecule has 0 radical (unpaired) electrons. The van der Waals surface area contributed by atoms with Crippen LogP contribution in [0.25, 0.3) is 0 Å². The van der Waals surface area contributed by atoms with E-state index in [1.165, 1.54) is 17.0 Å². The van der Waals surface area contributed by atoms with E-state index < -0.39 is 29.4 Å². The van der Waals surface area contributed by atoms with Gasteiger partial charge in [0.25, 0.3) is 5.91 Å². The molecule has 1 unspecified atom stereocenters. The van der Waals surface area contributed by atoms with Crippen LogP contribution in [-0.2, 0) is 6.54 Å². The fourth-order valence-corrected chi connectivity index (χ4v) is 3.45. The van der Waals surface area contributed by atoms with Crippen molar-refractivity contribution >= 4 is 5.91 Å². The number of fused-ring (bicyclic) bond motifs is 1. The summed E-state index contributed by atoms with van der Waals surface area (Å²) < 4.78 is 42.5. The van der Waals surface area contributed by atoms with E-state index in [1.54, 1.807) is 24.5 Å². The molecule has 0 spiro atoms. The van der Waals surface area contributed by atoms with E-state index in [1.807, 2.05) is 0 Å². The average Bonchev–Trinajstić information content (AvgIpc) is 3.36. The number of aromatic nitrogens is 1. The van der Waals surface area contributed by atoms with Crippen molar-refractivity contribution in [2.24, 2.45) is 0 Å². The number of H-pyrrole nitrogens is 1. The van der Waals surface area contributed by atoms with Crippen molar-refractivity contribution in [2.75, 3.05) is 0 Å². The molecule has 2 aromatic carbocycles. The van der Waals surface area contributed by atoms with Crippen LogP contribution in [0, 0.1) is 41.1 Å². The molecule has 1 aromatic heterocycles. The summed E-state index contributed by atoms with van der Waals surface area (Å²) in [5.74, 6) is 8.52. The lowest BCUT2D eigenvalue weighted by atomic mass is 10.0. The minimum Gasteiger partial charge on any atom is -0.367 e. The van der Waals surface area contributed by atoms with E-state index in [0.717, 1.165) is 23.8 Å². The number of halogens is 3. The summed E-state index contributed by atoms with van der Waals surface area (Å²) in [7, 11) is 0. The number of benzene rings is 2. The maximum Gasteiger partial charge on any atom is 0.258 e. The topological polar surface area (TPSA) is 36.1 Å². The second-order valence-electron chi connectivity index (χ2n) is 6.74. The number of carbonyl (C=O) groups excluding carboxylic acids is 1. The highest BCUT2D eigenvalue weighted by Crippen LogP contribution is 2.35. The zero-order chi connectivity index (χ0) is 21.1. The van der Waals surface area contributed by atoms with Gasteiger partial charge in [0.2, 0.25) is 0 Å². The van der Waals surface area contributed by atoms with Gasteiger partial charge in [-0.05, 0) is 47.7 Å². The third-order valence-electron chi connectivity index (χ3n) is 4.86. The van der Waals surface area contributed by atoms with Crippen molar-refractivity contribution in [3.05, 3.63) is 94.6 Å². The van der Waals surface area contributed by atoms with E-state index in [0.29, 0.717) is 5.56 Å². The van der Waals surface area contributed by atoms with Gasteiger partial charge >= 0.3 is 0 Å². The van der Waals surface area contributed by atoms with E-state index in [-0.39, 0.29) is 24.1 Å². The lowest BCUT2D eigenvalue weighted by Crippen LogP contribution is -2.30. The number of carbonyl (C=O) groups is 1. The molecule has 0 aliphatic carbocycles. The molecular formula is C24H15F3N2O. The fraction of sp³-hybridized carbons (Fsp3) is 0.125. The largest absolute Gasteiger partial charge is 0.367 e. The van der Waals surface area contributed by atoms with Crippen molar-refractivity contribution in [2.45, 2.75) is 19.0 Å². The summed E-state index contributed by atoms with van der Waals surface area (Å²) in [5, 5.41) is 0. The Bertz CT molecular complexity index is 1230. The molecule has 6 heteroatoms. The molecule has 3 nitrogen and oxygen atoms in total. The summed E-state index contributed by atoms with van der Waals surface area (Å²) in [6.07, 6.45) is 3.47. The quantitative estimate of drug-likeness (QED) is 0.638. The average molecular weight is 404 g/mol. The molecule has 1 N–H and O–H groups in total. The van der Waals surface area contributed by atoms with Crippen LogP contribution in [0.1, 0.15) is 39.5 Å². The number of hydrogen-bond donors (Lipinski definition) is 1. The lowest BCUT2D eigenvalue weighted by Gasteiger charge is -2.27. The Kier molecular flexibility index (Phi) is 5.32. The maximum absolute atomic E-state index is 14.5. The second-order valence-corrected chi connectivity index (χ2v) is 6.74. The van der Waals surface area contributed by atoms with Crippen molar-refractivity contribution in [1.82, 2.24) is 9.88 Å². The first-order valence-electron chi connectivity index (χ1n) is 9.19. The second kappa shape index (κ2) is 8.23. The SMILES string of the molecule is O=C1c2c(F)cccc2CN1C(CC#CC#Cc1cc[nH]c1)c1cc(F)ccc1F. The predicted octanol–water partition coefficient (Wildman–Crippen LogP) is 4.57. The summed E-state index contributed by atoms with van der Waals surface area (Å²) in [5.41, 5.74) is 1.21. The Balaban J connectivity index is 1.66. The van der Waals surface area contributed by atoms with Crippen LogP contribution < -0.4 is 0 Å². The van der Waals surface area contributed by atoms with Crippen LogP contribution in [-0.4, -0.2) is 15.8 Å². The first-order chi connectivity index (χ1) is 14.5. The van der Waals surface area contributed by atoms with Gasteiger partial charge in [-0.25, -0.2) is 13.2 Å². The summed E-state index contributed by atoms with van der Waals surface area (Å²) in [6.45, 7) is 0.0866. The van der Waals surface area contributed by atoms with Crippen molar-refractivity contribution in [3.63, 3.8) is 0 Å². The molecule has 0 saturated carbocycles. The zero-order valence-corrected chi connectivity index (χ0v) is 15.7. The minimum atomic E-state index is -0.887. The molecule has 4 rings (SSSR count). The molecule has 1 aliphatic rings. The number of rotatable bonds is 3. The fourth-order valence-electron chi connectivity index (χ4n) is 3.45. The van der Waals surface area contributed by atoms with Gasteiger partial charge in [-0.3, -0.25) is 4.79 Å². The Morgan fingerprint density at radius 3 is 2.70 bits per heavy atom. The molecule has 0 fully saturated rings. The monoisotopic (exact) mass is 404 g/mol. The van der Waals surface area contributed by atoms with E-state index >= 15 is 0 Å². The smallest absolute Gasteiger partial charge is 0.258 e. The highest BCUT2D eigenvalue weighted by molar-refractivity contribution is 5.98. The summed E-state index contributed by atoms with van der Waals surface area (Å²) in [6, 6.07) is 8.31. The van der Waals surface area contributed by atoms with Gasteiger partial charge in [-0.15, -0.1) is 0 Å². The third-order valence-corrected chi connectivity index (χ3v) is 4.86. The molecular weight excluding hydrogens is 389 g/mol. The van der Waals surface area contributed by atoms with Crippen molar-refractivity contribution < 1.29 is 18.0 Å². The Morgan fingerprint density at radius 2 is 1.93 bits per heavy atom. The number of amides is 1. The van der Waals surface area contributed by atoms with E-state index in [2.05, 4.69) is 28.7 Å². The maximum atomic E-state index is 14.5.